The molecular weight excluding hydrogens is 479 g/mol. The Hall–Kier alpha value is -2.94. The second-order valence-electron chi connectivity index (χ2n) is 10.0. The molecule has 2 aromatic carbocycles. The molecule has 2 aromatic rings. The third-order valence-electron chi connectivity index (χ3n) is 6.63. The van der Waals surface area contributed by atoms with Crippen molar-refractivity contribution < 1.29 is 32.2 Å². The second-order valence-corrected chi connectivity index (χ2v) is 11.0. The Bertz CT molecular complexity index is 1250. The van der Waals surface area contributed by atoms with Crippen LogP contribution in [0.4, 0.5) is 18.0 Å². The molecule has 0 radical (unpaired) electrons. The van der Waals surface area contributed by atoms with Crippen molar-refractivity contribution in [2.75, 3.05) is 7.11 Å². The monoisotopic (exact) mass is 505 g/mol. The predicted octanol–water partition coefficient (Wildman–Crippen LogP) is 6.93. The van der Waals surface area contributed by atoms with Crippen LogP contribution < -0.4 is 14.8 Å². The minimum Gasteiger partial charge on any atom is -0.496 e. The molecule has 1 aliphatic carbocycles. The number of thioether (sulfide) groups is 1. The molecule has 1 saturated heterocycles. The second kappa shape index (κ2) is 8.62. The lowest BCUT2D eigenvalue weighted by atomic mass is 9.62. The molecule has 0 saturated carbocycles. The quantitative estimate of drug-likeness (QED) is 0.457. The smallest absolute Gasteiger partial charge is 0.496 e. The third kappa shape index (κ3) is 5.05. The van der Waals surface area contributed by atoms with Gasteiger partial charge in [-0.1, -0.05) is 33.8 Å². The fourth-order valence-corrected chi connectivity index (χ4v) is 5.29. The summed E-state index contributed by atoms with van der Waals surface area (Å²) in [5, 5.41) is 1.59. The molecule has 0 bridgehead atoms. The fraction of sp³-hybridized carbons (Fsp3) is 0.385. The summed E-state index contributed by atoms with van der Waals surface area (Å²) < 4.78 is 50.2. The number of fused-ring (bicyclic) bond motifs is 1. The van der Waals surface area contributed by atoms with Crippen molar-refractivity contribution in [1.82, 2.24) is 5.32 Å². The van der Waals surface area contributed by atoms with Crippen LogP contribution in [0, 0.1) is 0 Å². The van der Waals surface area contributed by atoms with E-state index in [4.69, 9.17) is 4.74 Å². The van der Waals surface area contributed by atoms with Crippen LogP contribution in [0.2, 0.25) is 0 Å². The topological polar surface area (TPSA) is 64.6 Å². The summed E-state index contributed by atoms with van der Waals surface area (Å²) in [6.45, 7) is 8.57. The Morgan fingerprint density at radius 2 is 1.57 bits per heavy atom. The molecular formula is C26H26F3NO4S. The van der Waals surface area contributed by atoms with Gasteiger partial charge in [0.25, 0.3) is 11.1 Å². The van der Waals surface area contributed by atoms with Gasteiger partial charge in [0.05, 0.1) is 12.0 Å². The van der Waals surface area contributed by atoms with Crippen molar-refractivity contribution in [3.05, 3.63) is 51.9 Å². The molecule has 1 fully saturated rings. The van der Waals surface area contributed by atoms with Gasteiger partial charge in [-0.05, 0) is 82.5 Å². The van der Waals surface area contributed by atoms with Crippen LogP contribution in [-0.4, -0.2) is 24.6 Å². The van der Waals surface area contributed by atoms with Gasteiger partial charge in [-0.2, -0.15) is 0 Å². The standard InChI is InChI=1S/C26H26F3NO4S/c1-24(2)8-9-25(3,4)18-13-19(33-5)16(12-17(18)24)15-7-6-14(10-20(15)34-26(27,28)29)11-21-22(31)30-23(32)35-21/h6-7,10-13H,8-9H2,1-5H3,(H,30,31,32)/b21-11+. The molecule has 186 valence electrons. The highest BCUT2D eigenvalue weighted by Gasteiger charge is 2.39. The number of carbonyl (C=O) groups excluding carboxylic acids is 2. The predicted molar refractivity (Wildman–Crippen MR) is 130 cm³/mol. The van der Waals surface area contributed by atoms with E-state index >= 15 is 0 Å². The Balaban J connectivity index is 1.90. The lowest BCUT2D eigenvalue weighted by Gasteiger charge is -2.42. The van der Waals surface area contributed by atoms with E-state index in [2.05, 4.69) is 37.7 Å². The normalized spacial score (nSPS) is 19.9. The van der Waals surface area contributed by atoms with Crippen LogP contribution in [0.25, 0.3) is 17.2 Å². The van der Waals surface area contributed by atoms with Gasteiger partial charge in [-0.15, -0.1) is 13.2 Å². The van der Waals surface area contributed by atoms with Crippen LogP contribution in [0.15, 0.2) is 35.2 Å². The number of ether oxygens (including phenoxy) is 2. The lowest BCUT2D eigenvalue weighted by molar-refractivity contribution is -0.274. The maximum atomic E-state index is 13.4. The molecule has 1 heterocycles. The number of carbonyl (C=O) groups is 2. The van der Waals surface area contributed by atoms with E-state index in [9.17, 15) is 22.8 Å². The van der Waals surface area contributed by atoms with Gasteiger partial charge in [0.2, 0.25) is 0 Å². The zero-order valence-corrected chi connectivity index (χ0v) is 20.9. The van der Waals surface area contributed by atoms with Crippen LogP contribution in [0.3, 0.4) is 0 Å². The summed E-state index contributed by atoms with van der Waals surface area (Å²) in [4.78, 5) is 23.4. The number of methoxy groups -OCH3 is 1. The third-order valence-corrected chi connectivity index (χ3v) is 7.44. The number of amides is 2. The van der Waals surface area contributed by atoms with Gasteiger partial charge in [-0.25, -0.2) is 0 Å². The number of nitrogens with one attached hydrogen (secondary N) is 1. The number of halogens is 3. The summed E-state index contributed by atoms with van der Waals surface area (Å²) in [5.41, 5.74) is 2.89. The van der Waals surface area contributed by atoms with Crippen molar-refractivity contribution >= 4 is 29.0 Å². The zero-order chi connectivity index (χ0) is 25.8. The highest BCUT2D eigenvalue weighted by Crippen LogP contribution is 2.50. The van der Waals surface area contributed by atoms with Crippen molar-refractivity contribution in [3.63, 3.8) is 0 Å². The van der Waals surface area contributed by atoms with Gasteiger partial charge in [0.15, 0.2) is 0 Å². The SMILES string of the molecule is COc1cc2c(cc1-c1ccc(/C=C3/SC(=O)NC3=O)cc1OC(F)(F)F)C(C)(C)CCC2(C)C. The first-order valence-corrected chi connectivity index (χ1v) is 11.9. The van der Waals surface area contributed by atoms with E-state index in [1.165, 1.54) is 25.3 Å². The summed E-state index contributed by atoms with van der Waals surface area (Å²) in [7, 11) is 1.49. The summed E-state index contributed by atoms with van der Waals surface area (Å²) in [5.74, 6) is -0.569. The van der Waals surface area contributed by atoms with Gasteiger partial charge in [0.1, 0.15) is 11.5 Å². The van der Waals surface area contributed by atoms with Crippen molar-refractivity contribution in [3.8, 4) is 22.6 Å². The molecule has 0 unspecified atom stereocenters. The van der Waals surface area contributed by atoms with Crippen LogP contribution in [0.1, 0.15) is 57.2 Å². The minimum absolute atomic E-state index is 0.0936. The minimum atomic E-state index is -4.93. The first-order valence-electron chi connectivity index (χ1n) is 11.1. The van der Waals surface area contributed by atoms with Crippen molar-refractivity contribution in [2.24, 2.45) is 0 Å². The molecule has 0 spiro atoms. The Labute approximate surface area is 206 Å². The first-order chi connectivity index (χ1) is 16.2. The van der Waals surface area contributed by atoms with E-state index in [1.807, 2.05) is 12.1 Å². The summed E-state index contributed by atoms with van der Waals surface area (Å²) in [6, 6.07) is 8.13. The molecule has 5 nitrogen and oxygen atoms in total. The summed E-state index contributed by atoms with van der Waals surface area (Å²) >= 11 is 0.688. The van der Waals surface area contributed by atoms with Gasteiger partial charge >= 0.3 is 6.36 Å². The number of alkyl halides is 3. The van der Waals surface area contributed by atoms with Gasteiger partial charge in [-0.3, -0.25) is 14.9 Å². The van der Waals surface area contributed by atoms with Crippen LogP contribution >= 0.6 is 11.8 Å². The van der Waals surface area contributed by atoms with Gasteiger partial charge in [0, 0.05) is 11.1 Å². The average molecular weight is 506 g/mol. The van der Waals surface area contributed by atoms with Gasteiger partial charge < -0.3 is 9.47 Å². The number of hydrogen-bond donors (Lipinski definition) is 1. The van der Waals surface area contributed by atoms with Crippen molar-refractivity contribution in [2.45, 2.75) is 57.7 Å². The largest absolute Gasteiger partial charge is 0.573 e. The average Bonchev–Trinajstić information content (AvgIpc) is 3.06. The highest BCUT2D eigenvalue weighted by molar-refractivity contribution is 8.18. The zero-order valence-electron chi connectivity index (χ0n) is 20.1. The molecule has 4 rings (SSSR count). The molecule has 0 aromatic heterocycles. The van der Waals surface area contributed by atoms with Crippen LogP contribution in [0.5, 0.6) is 11.5 Å². The maximum absolute atomic E-state index is 13.4. The Morgan fingerprint density at radius 3 is 2.11 bits per heavy atom. The molecule has 2 amide bonds. The molecule has 0 atom stereocenters. The fourth-order valence-electron chi connectivity index (χ4n) is 4.61. The van der Waals surface area contributed by atoms with E-state index in [0.29, 0.717) is 28.6 Å². The van der Waals surface area contributed by atoms with Crippen molar-refractivity contribution in [1.29, 1.82) is 0 Å². The number of imide groups is 1. The summed E-state index contributed by atoms with van der Waals surface area (Å²) in [6.07, 6.45) is -1.66. The Morgan fingerprint density at radius 1 is 0.943 bits per heavy atom. The lowest BCUT2D eigenvalue weighted by Crippen LogP contribution is -2.33. The molecule has 9 heteroatoms. The Kier molecular flexibility index (Phi) is 6.20. The maximum Gasteiger partial charge on any atom is 0.573 e. The highest BCUT2D eigenvalue weighted by atomic mass is 32.2. The van der Waals surface area contributed by atoms with E-state index in [1.54, 1.807) is 6.07 Å². The molecule has 1 N–H and O–H groups in total. The number of hydrogen-bond acceptors (Lipinski definition) is 5. The first kappa shape index (κ1) is 25.2. The van der Waals surface area contributed by atoms with Crippen LogP contribution in [-0.2, 0) is 15.6 Å². The molecule has 1 aliphatic heterocycles. The van der Waals surface area contributed by atoms with E-state index in [0.717, 1.165) is 24.0 Å². The molecule has 35 heavy (non-hydrogen) atoms. The van der Waals surface area contributed by atoms with E-state index < -0.39 is 23.3 Å². The molecule has 2 aliphatic rings. The number of rotatable bonds is 4. The van der Waals surface area contributed by atoms with E-state index in [-0.39, 0.29) is 21.3 Å². The number of benzene rings is 2.